The van der Waals surface area contributed by atoms with Gasteiger partial charge in [-0.2, -0.15) is 0 Å². The van der Waals surface area contributed by atoms with Gasteiger partial charge in [0.15, 0.2) is 5.76 Å². The lowest BCUT2D eigenvalue weighted by Gasteiger charge is -2.26. The Morgan fingerprint density at radius 3 is 2.41 bits per heavy atom. The molecule has 0 aliphatic carbocycles. The van der Waals surface area contributed by atoms with Crippen molar-refractivity contribution in [1.82, 2.24) is 10.2 Å². The van der Waals surface area contributed by atoms with Gasteiger partial charge in [0, 0.05) is 24.3 Å². The Bertz CT molecular complexity index is 1050. The van der Waals surface area contributed by atoms with Gasteiger partial charge in [0.2, 0.25) is 0 Å². The van der Waals surface area contributed by atoms with Crippen LogP contribution in [0.1, 0.15) is 56.9 Å². The molecular weight excluding hydrogens is 402 g/mol. The predicted molar refractivity (Wildman–Crippen MR) is 125 cm³/mol. The normalized spacial score (nSPS) is 14.2. The molecule has 32 heavy (non-hydrogen) atoms. The topological polar surface area (TPSA) is 74.6 Å². The summed E-state index contributed by atoms with van der Waals surface area (Å²) in [5.74, 6) is -0.306. The fraction of sp³-hybridized carbons (Fsp3) is 0.308. The molecule has 6 nitrogen and oxygen atoms in total. The Kier molecular flexibility index (Phi) is 7.02. The second-order valence-electron chi connectivity index (χ2n) is 8.30. The van der Waals surface area contributed by atoms with E-state index in [9.17, 15) is 9.59 Å². The fourth-order valence-electron chi connectivity index (χ4n) is 3.91. The largest absolute Gasteiger partial charge is 0.459 e. The molecule has 2 amide bonds. The Morgan fingerprint density at radius 2 is 1.69 bits per heavy atom. The highest BCUT2D eigenvalue weighted by Gasteiger charge is 2.13. The lowest BCUT2D eigenvalue weighted by atomic mass is 10.1. The van der Waals surface area contributed by atoms with Crippen LogP contribution in [0.5, 0.6) is 0 Å². The third kappa shape index (κ3) is 5.65. The molecule has 0 atom stereocenters. The van der Waals surface area contributed by atoms with Crippen LogP contribution in [0, 0.1) is 6.92 Å². The van der Waals surface area contributed by atoms with Gasteiger partial charge in [-0.3, -0.25) is 14.5 Å². The first-order valence-electron chi connectivity index (χ1n) is 11.1. The number of benzene rings is 2. The zero-order valence-electron chi connectivity index (χ0n) is 18.4. The molecule has 1 aliphatic heterocycles. The lowest BCUT2D eigenvalue weighted by Crippen LogP contribution is -2.29. The van der Waals surface area contributed by atoms with Crippen molar-refractivity contribution in [3.63, 3.8) is 0 Å². The van der Waals surface area contributed by atoms with Crippen LogP contribution in [0.3, 0.4) is 0 Å². The minimum atomic E-state index is -0.347. The minimum absolute atomic E-state index is 0.184. The summed E-state index contributed by atoms with van der Waals surface area (Å²) in [5, 5.41) is 5.77. The summed E-state index contributed by atoms with van der Waals surface area (Å²) in [7, 11) is 0. The number of anilines is 1. The number of aryl methyl sites for hydroxylation is 1. The zero-order valence-corrected chi connectivity index (χ0v) is 18.4. The van der Waals surface area contributed by atoms with Crippen molar-refractivity contribution in [2.45, 2.75) is 39.3 Å². The van der Waals surface area contributed by atoms with E-state index in [1.54, 1.807) is 24.3 Å². The van der Waals surface area contributed by atoms with Gasteiger partial charge in [-0.05, 0) is 73.8 Å². The van der Waals surface area contributed by atoms with Crippen molar-refractivity contribution < 1.29 is 14.0 Å². The van der Waals surface area contributed by atoms with Gasteiger partial charge in [-0.25, -0.2) is 0 Å². The number of nitrogens with zero attached hydrogens (tertiary/aromatic N) is 1. The molecule has 6 heteroatoms. The van der Waals surface area contributed by atoms with Crippen molar-refractivity contribution in [3.05, 3.63) is 88.9 Å². The summed E-state index contributed by atoms with van der Waals surface area (Å²) in [4.78, 5) is 27.4. The van der Waals surface area contributed by atoms with Gasteiger partial charge in [-0.15, -0.1) is 0 Å². The van der Waals surface area contributed by atoms with Crippen molar-refractivity contribution in [2.24, 2.45) is 0 Å². The summed E-state index contributed by atoms with van der Waals surface area (Å²) in [6.07, 6.45) is 5.37. The molecule has 2 aromatic carbocycles. The van der Waals surface area contributed by atoms with Crippen molar-refractivity contribution in [2.75, 3.05) is 18.4 Å². The lowest BCUT2D eigenvalue weighted by molar-refractivity contribution is 0.0949. The molecule has 2 N–H and O–H groups in total. The second-order valence-corrected chi connectivity index (χ2v) is 8.30. The van der Waals surface area contributed by atoms with E-state index in [-0.39, 0.29) is 17.6 Å². The number of rotatable bonds is 7. The maximum Gasteiger partial charge on any atom is 0.291 e. The highest BCUT2D eigenvalue weighted by molar-refractivity contribution is 6.03. The Hall–Kier alpha value is -3.38. The molecular formula is C26H29N3O3. The van der Waals surface area contributed by atoms with Gasteiger partial charge in [-0.1, -0.05) is 36.8 Å². The van der Waals surface area contributed by atoms with E-state index in [4.69, 9.17) is 4.42 Å². The highest BCUT2D eigenvalue weighted by Crippen LogP contribution is 2.19. The average Bonchev–Trinajstić information content (AvgIpc) is 3.36. The first kappa shape index (κ1) is 21.8. The third-order valence-corrected chi connectivity index (χ3v) is 5.82. The summed E-state index contributed by atoms with van der Waals surface area (Å²) in [6.45, 7) is 5.68. The number of hydrogen-bond donors (Lipinski definition) is 2. The monoisotopic (exact) mass is 431 g/mol. The first-order chi connectivity index (χ1) is 15.6. The van der Waals surface area contributed by atoms with Crippen LogP contribution in [0.2, 0.25) is 0 Å². The standard InChI is InChI=1S/C26H29N3O3/c1-19-7-12-22(16-23(19)28-26(31)24-6-5-15-32-24)25(30)27-17-20-8-10-21(11-9-20)18-29-13-3-2-4-14-29/h5-12,15-16H,2-4,13-14,17-18H2,1H3,(H,27,30)(H,28,31). The number of hydrogen-bond acceptors (Lipinski definition) is 4. The molecule has 1 fully saturated rings. The number of carbonyl (C=O) groups excluding carboxylic acids is 2. The Morgan fingerprint density at radius 1 is 0.938 bits per heavy atom. The summed E-state index contributed by atoms with van der Waals surface area (Å²) in [5.41, 5.74) is 4.30. The van der Waals surface area contributed by atoms with Gasteiger partial charge in [0.05, 0.1) is 6.26 Å². The maximum atomic E-state index is 12.7. The number of nitrogens with one attached hydrogen (secondary N) is 2. The summed E-state index contributed by atoms with van der Waals surface area (Å²) in [6, 6.07) is 17.0. The van der Waals surface area contributed by atoms with Gasteiger partial charge >= 0.3 is 0 Å². The Labute approximate surface area is 188 Å². The van der Waals surface area contributed by atoms with Gasteiger partial charge in [0.25, 0.3) is 11.8 Å². The number of amides is 2. The van der Waals surface area contributed by atoms with Crippen molar-refractivity contribution in [3.8, 4) is 0 Å². The highest BCUT2D eigenvalue weighted by atomic mass is 16.3. The van der Waals surface area contributed by atoms with Crippen LogP contribution in [0.15, 0.2) is 65.3 Å². The van der Waals surface area contributed by atoms with E-state index in [1.807, 2.05) is 13.0 Å². The van der Waals surface area contributed by atoms with E-state index in [2.05, 4.69) is 39.8 Å². The van der Waals surface area contributed by atoms with Crippen molar-refractivity contribution >= 4 is 17.5 Å². The van der Waals surface area contributed by atoms with Crippen LogP contribution >= 0.6 is 0 Å². The maximum absolute atomic E-state index is 12.7. The molecule has 0 saturated carbocycles. The van der Waals surface area contributed by atoms with E-state index >= 15 is 0 Å². The summed E-state index contributed by atoms with van der Waals surface area (Å²) < 4.78 is 5.13. The summed E-state index contributed by atoms with van der Waals surface area (Å²) >= 11 is 0. The van der Waals surface area contributed by atoms with Crippen LogP contribution in [0.25, 0.3) is 0 Å². The van der Waals surface area contributed by atoms with Crippen LogP contribution in [-0.4, -0.2) is 29.8 Å². The first-order valence-corrected chi connectivity index (χ1v) is 11.1. The number of piperidine rings is 1. The predicted octanol–water partition coefficient (Wildman–Crippen LogP) is 4.76. The SMILES string of the molecule is Cc1ccc(C(=O)NCc2ccc(CN3CCCCC3)cc2)cc1NC(=O)c1ccco1. The second kappa shape index (κ2) is 10.3. The molecule has 3 aromatic rings. The number of likely N-dealkylation sites (tertiary alicyclic amines) is 1. The smallest absolute Gasteiger partial charge is 0.291 e. The molecule has 1 aliphatic rings. The molecule has 0 radical (unpaired) electrons. The molecule has 1 aromatic heterocycles. The van der Waals surface area contributed by atoms with E-state index in [0.717, 1.165) is 17.7 Å². The molecule has 0 bridgehead atoms. The Balaban J connectivity index is 1.33. The molecule has 2 heterocycles. The van der Waals surface area contributed by atoms with Gasteiger partial charge in [0.1, 0.15) is 0 Å². The zero-order chi connectivity index (χ0) is 22.3. The number of furan rings is 1. The van der Waals surface area contributed by atoms with Crippen LogP contribution < -0.4 is 10.6 Å². The van der Waals surface area contributed by atoms with Crippen LogP contribution in [-0.2, 0) is 13.1 Å². The van der Waals surface area contributed by atoms with E-state index in [1.165, 1.54) is 44.2 Å². The molecule has 0 spiro atoms. The van der Waals surface area contributed by atoms with E-state index < -0.39 is 0 Å². The molecule has 166 valence electrons. The molecule has 4 rings (SSSR count). The molecule has 1 saturated heterocycles. The van der Waals surface area contributed by atoms with Crippen LogP contribution in [0.4, 0.5) is 5.69 Å². The van der Waals surface area contributed by atoms with E-state index in [0.29, 0.717) is 17.8 Å². The fourth-order valence-corrected chi connectivity index (χ4v) is 3.91. The number of carbonyl (C=O) groups is 2. The molecule has 0 unspecified atom stereocenters. The quantitative estimate of drug-likeness (QED) is 0.566. The average molecular weight is 432 g/mol. The minimum Gasteiger partial charge on any atom is -0.459 e. The van der Waals surface area contributed by atoms with Crippen molar-refractivity contribution in [1.29, 1.82) is 0 Å². The van der Waals surface area contributed by atoms with Gasteiger partial charge < -0.3 is 15.1 Å². The third-order valence-electron chi connectivity index (χ3n) is 5.82.